The molecule has 0 aliphatic carbocycles. The third-order valence-corrected chi connectivity index (χ3v) is 5.32. The van der Waals surface area contributed by atoms with Crippen LogP contribution in [0.2, 0.25) is 0 Å². The molecule has 1 aliphatic heterocycles. The Morgan fingerprint density at radius 2 is 1.96 bits per heavy atom. The van der Waals surface area contributed by atoms with Gasteiger partial charge < -0.3 is 10.0 Å². The van der Waals surface area contributed by atoms with Crippen LogP contribution in [0, 0.1) is 6.92 Å². The topological polar surface area (TPSA) is 84.1 Å². The van der Waals surface area contributed by atoms with Crippen molar-refractivity contribution in [3.63, 3.8) is 0 Å². The van der Waals surface area contributed by atoms with Crippen LogP contribution in [0.15, 0.2) is 12.3 Å². The molecule has 3 heterocycles. The number of likely N-dealkylation sites (tertiary alicyclic amines) is 1. The van der Waals surface area contributed by atoms with E-state index in [1.54, 1.807) is 10.9 Å². The second kappa shape index (κ2) is 6.62. The van der Waals surface area contributed by atoms with Gasteiger partial charge in [0.2, 0.25) is 10.7 Å². The van der Waals surface area contributed by atoms with Crippen molar-refractivity contribution < 1.29 is 23.1 Å². The number of aryl methyl sites for hydroxylation is 1. The van der Waals surface area contributed by atoms with E-state index in [9.17, 15) is 23.1 Å². The van der Waals surface area contributed by atoms with E-state index < -0.39 is 17.7 Å². The maximum absolute atomic E-state index is 12.8. The van der Waals surface area contributed by atoms with Crippen molar-refractivity contribution in [1.29, 1.82) is 0 Å². The molecule has 0 saturated carbocycles. The van der Waals surface area contributed by atoms with Crippen molar-refractivity contribution in [2.45, 2.75) is 44.4 Å². The Balaban J connectivity index is 1.64. The Kier molecular flexibility index (Phi) is 4.78. The maximum atomic E-state index is 12.8. The summed E-state index contributed by atoms with van der Waals surface area (Å²) in [4.78, 5) is 13.1. The van der Waals surface area contributed by atoms with Crippen LogP contribution in [0.3, 0.4) is 0 Å². The fraction of sp³-hybridized carbons (Fsp3) is 0.600. The average Bonchev–Trinajstić information content (AvgIpc) is 3.22. The van der Waals surface area contributed by atoms with Crippen molar-refractivity contribution in [1.82, 2.24) is 24.9 Å². The summed E-state index contributed by atoms with van der Waals surface area (Å²) in [5.41, 5.74) is -2.57. The first-order chi connectivity index (χ1) is 12.1. The fourth-order valence-electron chi connectivity index (χ4n) is 2.85. The SMILES string of the molecule is Cc1nnc(-n2ccc(C3CCN(C(=O)C(C)(O)C(F)(F)F)CC3)n2)s1. The number of hydrogen-bond acceptors (Lipinski definition) is 6. The number of carbonyl (C=O) groups excluding carboxylic acids is 1. The summed E-state index contributed by atoms with van der Waals surface area (Å²) in [7, 11) is 0. The number of aromatic nitrogens is 4. The summed E-state index contributed by atoms with van der Waals surface area (Å²) in [5, 5.41) is 23.4. The van der Waals surface area contributed by atoms with E-state index in [0.29, 0.717) is 24.9 Å². The Morgan fingerprint density at radius 3 is 2.50 bits per heavy atom. The van der Waals surface area contributed by atoms with Crippen LogP contribution < -0.4 is 0 Å². The normalized spacial score (nSPS) is 18.8. The lowest BCUT2D eigenvalue weighted by molar-refractivity contribution is -0.250. The molecule has 1 N–H and O–H groups in total. The smallest absolute Gasteiger partial charge is 0.373 e. The largest absolute Gasteiger partial charge is 0.426 e. The van der Waals surface area contributed by atoms with Gasteiger partial charge in [0.1, 0.15) is 5.01 Å². The zero-order chi connectivity index (χ0) is 19.1. The zero-order valence-electron chi connectivity index (χ0n) is 14.2. The molecule has 0 radical (unpaired) electrons. The van der Waals surface area contributed by atoms with Gasteiger partial charge in [-0.15, -0.1) is 10.2 Å². The van der Waals surface area contributed by atoms with Crippen molar-refractivity contribution >= 4 is 17.2 Å². The Bertz CT molecular complexity index is 793. The molecule has 2 aromatic heterocycles. The van der Waals surface area contributed by atoms with Gasteiger partial charge in [-0.05, 0) is 32.8 Å². The van der Waals surface area contributed by atoms with Gasteiger partial charge in [-0.1, -0.05) is 11.3 Å². The van der Waals surface area contributed by atoms with E-state index in [4.69, 9.17) is 0 Å². The van der Waals surface area contributed by atoms with Crippen molar-refractivity contribution in [3.8, 4) is 5.13 Å². The molecule has 2 aromatic rings. The minimum absolute atomic E-state index is 0.0326. The number of aliphatic hydroxyl groups is 1. The van der Waals surface area contributed by atoms with Crippen LogP contribution >= 0.6 is 11.3 Å². The molecule has 26 heavy (non-hydrogen) atoms. The lowest BCUT2D eigenvalue weighted by Gasteiger charge is -2.36. The van der Waals surface area contributed by atoms with Crippen LogP contribution in [-0.4, -0.2) is 60.8 Å². The predicted octanol–water partition coefficient (Wildman–Crippen LogP) is 2.05. The van der Waals surface area contributed by atoms with Gasteiger partial charge in [0.15, 0.2) is 0 Å². The molecule has 11 heteroatoms. The lowest BCUT2D eigenvalue weighted by atomic mass is 9.92. The minimum atomic E-state index is -5.00. The number of alkyl halides is 3. The van der Waals surface area contributed by atoms with Gasteiger partial charge in [-0.3, -0.25) is 4.79 Å². The Labute approximate surface area is 151 Å². The highest BCUT2D eigenvalue weighted by Crippen LogP contribution is 2.34. The molecule has 142 valence electrons. The summed E-state index contributed by atoms with van der Waals surface area (Å²) in [6.45, 7) is 2.61. The van der Waals surface area contributed by atoms with Crippen LogP contribution in [0.5, 0.6) is 0 Å². The van der Waals surface area contributed by atoms with Crippen LogP contribution in [-0.2, 0) is 4.79 Å². The van der Waals surface area contributed by atoms with Gasteiger partial charge in [-0.2, -0.15) is 18.3 Å². The molecular weight excluding hydrogens is 371 g/mol. The minimum Gasteiger partial charge on any atom is -0.373 e. The summed E-state index contributed by atoms with van der Waals surface area (Å²) in [5.74, 6) is -1.27. The third kappa shape index (κ3) is 3.45. The highest BCUT2D eigenvalue weighted by Gasteiger charge is 2.57. The predicted molar refractivity (Wildman–Crippen MR) is 87.0 cm³/mol. The number of amides is 1. The van der Waals surface area contributed by atoms with Crippen LogP contribution in [0.4, 0.5) is 13.2 Å². The molecule has 0 spiro atoms. The second-order valence-corrected chi connectivity index (χ2v) is 7.59. The highest BCUT2D eigenvalue weighted by atomic mass is 32.1. The quantitative estimate of drug-likeness (QED) is 0.869. The van der Waals surface area contributed by atoms with E-state index in [1.807, 2.05) is 13.0 Å². The molecule has 0 aromatic carbocycles. The molecule has 1 atom stereocenters. The van der Waals surface area contributed by atoms with Crippen molar-refractivity contribution in [3.05, 3.63) is 23.0 Å². The summed E-state index contributed by atoms with van der Waals surface area (Å²) in [6.07, 6.45) is -2.28. The summed E-state index contributed by atoms with van der Waals surface area (Å²) >= 11 is 1.40. The highest BCUT2D eigenvalue weighted by molar-refractivity contribution is 7.13. The van der Waals surface area contributed by atoms with Gasteiger partial charge >= 0.3 is 6.18 Å². The first kappa shape index (κ1) is 18.8. The number of rotatable bonds is 3. The first-order valence-corrected chi connectivity index (χ1v) is 8.86. The summed E-state index contributed by atoms with van der Waals surface area (Å²) in [6, 6.07) is 1.84. The Hall–Kier alpha value is -2.01. The van der Waals surface area contributed by atoms with Crippen LogP contribution in [0.25, 0.3) is 5.13 Å². The summed E-state index contributed by atoms with van der Waals surface area (Å²) < 4.78 is 40.1. The van der Waals surface area contributed by atoms with Crippen LogP contribution in [0.1, 0.15) is 36.4 Å². The number of carbonyl (C=O) groups is 1. The molecule has 7 nitrogen and oxygen atoms in total. The average molecular weight is 389 g/mol. The molecule has 1 fully saturated rings. The molecule has 1 aliphatic rings. The Morgan fingerprint density at radius 1 is 1.31 bits per heavy atom. The van der Waals surface area contributed by atoms with E-state index in [2.05, 4.69) is 15.3 Å². The molecule has 1 amide bonds. The standard InChI is InChI=1S/C15H18F3N5O2S/c1-9-19-20-13(26-9)23-8-5-11(21-23)10-3-6-22(7-4-10)12(24)14(2,25)15(16,17)18/h5,8,10,25H,3-4,6-7H2,1-2H3. The maximum Gasteiger partial charge on any atom is 0.426 e. The number of halogens is 3. The van der Waals surface area contributed by atoms with E-state index in [0.717, 1.165) is 15.6 Å². The first-order valence-electron chi connectivity index (χ1n) is 8.04. The van der Waals surface area contributed by atoms with Gasteiger partial charge in [0, 0.05) is 25.2 Å². The van der Waals surface area contributed by atoms with Gasteiger partial charge in [0.05, 0.1) is 5.69 Å². The fourth-order valence-corrected chi connectivity index (χ4v) is 3.47. The lowest BCUT2D eigenvalue weighted by Crippen LogP contribution is -2.57. The number of nitrogens with zero attached hydrogens (tertiary/aromatic N) is 5. The van der Waals surface area contributed by atoms with Gasteiger partial charge in [-0.25, -0.2) is 4.68 Å². The van der Waals surface area contributed by atoms with Crippen molar-refractivity contribution in [2.24, 2.45) is 0 Å². The molecule has 1 saturated heterocycles. The monoisotopic (exact) mass is 389 g/mol. The third-order valence-electron chi connectivity index (χ3n) is 4.49. The van der Waals surface area contributed by atoms with E-state index in [-0.39, 0.29) is 19.0 Å². The molecule has 1 unspecified atom stereocenters. The van der Waals surface area contributed by atoms with Crippen molar-refractivity contribution in [2.75, 3.05) is 13.1 Å². The number of hydrogen-bond donors (Lipinski definition) is 1. The molecule has 3 rings (SSSR count). The molecular formula is C15H18F3N5O2S. The molecule has 0 bridgehead atoms. The second-order valence-electron chi connectivity index (χ2n) is 6.43. The van der Waals surface area contributed by atoms with E-state index >= 15 is 0 Å². The van der Waals surface area contributed by atoms with Gasteiger partial charge in [0.25, 0.3) is 5.91 Å². The number of piperidine rings is 1. The van der Waals surface area contributed by atoms with E-state index in [1.165, 1.54) is 11.3 Å². The zero-order valence-corrected chi connectivity index (χ0v) is 15.0.